The number of likely N-dealkylation sites (tertiary alicyclic amines) is 1. The predicted molar refractivity (Wildman–Crippen MR) is 104 cm³/mol. The summed E-state index contributed by atoms with van der Waals surface area (Å²) in [6.45, 7) is 4.43. The minimum Gasteiger partial charge on any atom is -0.367 e. The number of amides is 1. The Kier molecular flexibility index (Phi) is 5.38. The van der Waals surface area contributed by atoms with Gasteiger partial charge in [-0.05, 0) is 25.0 Å². The summed E-state index contributed by atoms with van der Waals surface area (Å²) >= 11 is 0. The second kappa shape index (κ2) is 8.10. The second-order valence-electron chi connectivity index (χ2n) is 7.32. The van der Waals surface area contributed by atoms with Crippen molar-refractivity contribution in [2.75, 3.05) is 44.2 Å². The van der Waals surface area contributed by atoms with Gasteiger partial charge in [0.15, 0.2) is 0 Å². The minimum absolute atomic E-state index is 0.0903. The number of halogens is 1. The molecule has 0 spiro atoms. The molecule has 2 saturated heterocycles. The maximum absolute atomic E-state index is 14.0. The summed E-state index contributed by atoms with van der Waals surface area (Å²) < 4.78 is 14.0. The van der Waals surface area contributed by atoms with Crippen molar-refractivity contribution in [3.63, 3.8) is 0 Å². The van der Waals surface area contributed by atoms with E-state index in [-0.39, 0.29) is 23.3 Å². The smallest absolute Gasteiger partial charge is 0.263 e. The molecular weight excluding hydrogens is 361 g/mol. The van der Waals surface area contributed by atoms with E-state index >= 15 is 0 Å². The van der Waals surface area contributed by atoms with Crippen LogP contribution >= 0.6 is 0 Å². The van der Waals surface area contributed by atoms with E-state index in [4.69, 9.17) is 0 Å². The lowest BCUT2D eigenvalue weighted by Gasteiger charge is -2.43. The molecule has 0 aliphatic carbocycles. The monoisotopic (exact) mass is 385 g/mol. The number of carbonyl (C=O) groups is 1. The molecule has 148 valence electrons. The first-order chi connectivity index (χ1) is 13.6. The van der Waals surface area contributed by atoms with E-state index in [1.807, 2.05) is 12.1 Å². The van der Waals surface area contributed by atoms with Gasteiger partial charge in [-0.1, -0.05) is 12.1 Å². The number of anilines is 1. The fourth-order valence-electron chi connectivity index (χ4n) is 4.14. The SMILES string of the molecule is O=C(c1cnc[nH]c1=O)N1CCC[C@H](N2CCN(c3ccccc3F)CC2)C1. The number of piperidine rings is 1. The zero-order chi connectivity index (χ0) is 19.5. The molecule has 8 heteroatoms. The summed E-state index contributed by atoms with van der Waals surface area (Å²) in [6, 6.07) is 7.13. The molecule has 1 aromatic carbocycles. The molecular formula is C20H24FN5O2. The quantitative estimate of drug-likeness (QED) is 0.863. The maximum Gasteiger partial charge on any atom is 0.263 e. The Balaban J connectivity index is 1.38. The first-order valence-corrected chi connectivity index (χ1v) is 9.69. The van der Waals surface area contributed by atoms with Crippen LogP contribution in [0.2, 0.25) is 0 Å². The molecule has 3 heterocycles. The molecule has 28 heavy (non-hydrogen) atoms. The fraction of sp³-hybridized carbons (Fsp3) is 0.450. The summed E-state index contributed by atoms with van der Waals surface area (Å²) in [5.74, 6) is -0.448. The Morgan fingerprint density at radius 3 is 2.68 bits per heavy atom. The largest absolute Gasteiger partial charge is 0.367 e. The van der Waals surface area contributed by atoms with Gasteiger partial charge in [0.25, 0.3) is 11.5 Å². The van der Waals surface area contributed by atoms with Crippen LogP contribution in [0.15, 0.2) is 41.6 Å². The number of hydrogen-bond acceptors (Lipinski definition) is 5. The zero-order valence-electron chi connectivity index (χ0n) is 15.7. The molecule has 2 aliphatic rings. The van der Waals surface area contributed by atoms with Crippen LogP contribution in [0.3, 0.4) is 0 Å². The van der Waals surface area contributed by atoms with Crippen LogP contribution < -0.4 is 10.5 Å². The van der Waals surface area contributed by atoms with Crippen molar-refractivity contribution < 1.29 is 9.18 Å². The summed E-state index contributed by atoms with van der Waals surface area (Å²) in [7, 11) is 0. The zero-order valence-corrected chi connectivity index (χ0v) is 15.7. The van der Waals surface area contributed by atoms with Crippen LogP contribution in [-0.4, -0.2) is 71.0 Å². The van der Waals surface area contributed by atoms with Crippen LogP contribution in [0.25, 0.3) is 0 Å². The first-order valence-electron chi connectivity index (χ1n) is 9.69. The Morgan fingerprint density at radius 1 is 1.14 bits per heavy atom. The Labute approximate surface area is 162 Å². The van der Waals surface area contributed by atoms with Crippen molar-refractivity contribution >= 4 is 11.6 Å². The number of piperazine rings is 1. The normalized spacial score (nSPS) is 21.0. The van der Waals surface area contributed by atoms with Gasteiger partial charge >= 0.3 is 0 Å². The highest BCUT2D eigenvalue weighted by Crippen LogP contribution is 2.23. The lowest BCUT2D eigenvalue weighted by molar-refractivity contribution is 0.0561. The lowest BCUT2D eigenvalue weighted by atomic mass is 10.0. The third-order valence-corrected chi connectivity index (χ3v) is 5.66. The molecule has 2 fully saturated rings. The standard InChI is InChI=1S/C20H24FN5O2/c21-17-5-1-2-6-18(17)25-10-8-24(9-11-25)15-4-3-7-26(13-15)20(28)16-12-22-14-23-19(16)27/h1-2,5-6,12,14-15H,3-4,7-11,13H2,(H,22,23,27)/t15-/m0/s1. The minimum atomic E-state index is -0.402. The van der Waals surface area contributed by atoms with E-state index in [0.717, 1.165) is 39.0 Å². The number of aromatic amines is 1. The van der Waals surface area contributed by atoms with Crippen molar-refractivity contribution in [3.05, 3.63) is 58.5 Å². The number of para-hydroxylation sites is 1. The topological polar surface area (TPSA) is 72.5 Å². The van der Waals surface area contributed by atoms with Gasteiger partial charge in [0.1, 0.15) is 11.4 Å². The van der Waals surface area contributed by atoms with E-state index in [1.54, 1.807) is 11.0 Å². The summed E-state index contributed by atoms with van der Waals surface area (Å²) in [5, 5.41) is 0. The third-order valence-electron chi connectivity index (χ3n) is 5.66. The molecule has 7 nitrogen and oxygen atoms in total. The average molecular weight is 385 g/mol. The second-order valence-corrected chi connectivity index (χ2v) is 7.32. The van der Waals surface area contributed by atoms with Gasteiger partial charge in [-0.25, -0.2) is 9.37 Å². The number of aromatic nitrogens is 2. The van der Waals surface area contributed by atoms with Crippen LogP contribution in [0, 0.1) is 5.82 Å². The van der Waals surface area contributed by atoms with Crippen molar-refractivity contribution in [2.24, 2.45) is 0 Å². The van der Waals surface area contributed by atoms with Gasteiger partial charge in [-0.2, -0.15) is 0 Å². The summed E-state index contributed by atoms with van der Waals surface area (Å²) in [4.78, 5) is 37.1. The van der Waals surface area contributed by atoms with E-state index in [9.17, 15) is 14.0 Å². The molecule has 1 aromatic heterocycles. The van der Waals surface area contributed by atoms with E-state index in [0.29, 0.717) is 18.8 Å². The maximum atomic E-state index is 14.0. The number of H-pyrrole nitrogens is 1. The predicted octanol–water partition coefficient (Wildman–Crippen LogP) is 1.34. The van der Waals surface area contributed by atoms with Gasteiger partial charge in [-0.15, -0.1) is 0 Å². The molecule has 0 saturated carbocycles. The van der Waals surface area contributed by atoms with E-state index < -0.39 is 5.56 Å². The van der Waals surface area contributed by atoms with Crippen LogP contribution in [0.1, 0.15) is 23.2 Å². The average Bonchev–Trinajstić information content (AvgIpc) is 2.74. The molecule has 0 unspecified atom stereocenters. The van der Waals surface area contributed by atoms with Crippen molar-refractivity contribution in [1.29, 1.82) is 0 Å². The number of rotatable bonds is 3. The van der Waals surface area contributed by atoms with Crippen LogP contribution in [-0.2, 0) is 0 Å². The number of nitrogens with zero attached hydrogens (tertiary/aromatic N) is 4. The Bertz CT molecular complexity index is 894. The highest BCUT2D eigenvalue weighted by molar-refractivity contribution is 5.93. The highest BCUT2D eigenvalue weighted by Gasteiger charge is 2.31. The Morgan fingerprint density at radius 2 is 1.93 bits per heavy atom. The fourth-order valence-corrected chi connectivity index (χ4v) is 4.14. The molecule has 2 aliphatic heterocycles. The van der Waals surface area contributed by atoms with Crippen LogP contribution in [0.4, 0.5) is 10.1 Å². The molecule has 0 bridgehead atoms. The number of nitrogens with one attached hydrogen (secondary N) is 1. The van der Waals surface area contributed by atoms with Gasteiger partial charge < -0.3 is 14.8 Å². The lowest BCUT2D eigenvalue weighted by Crippen LogP contribution is -2.56. The highest BCUT2D eigenvalue weighted by atomic mass is 19.1. The van der Waals surface area contributed by atoms with Crippen molar-refractivity contribution in [2.45, 2.75) is 18.9 Å². The van der Waals surface area contributed by atoms with Gasteiger partial charge in [-0.3, -0.25) is 14.5 Å². The van der Waals surface area contributed by atoms with Gasteiger partial charge in [0.05, 0.1) is 12.0 Å². The van der Waals surface area contributed by atoms with Crippen molar-refractivity contribution in [1.82, 2.24) is 19.8 Å². The molecule has 1 amide bonds. The number of benzene rings is 1. The number of hydrogen-bond donors (Lipinski definition) is 1. The molecule has 1 atom stereocenters. The van der Waals surface area contributed by atoms with Crippen LogP contribution in [0.5, 0.6) is 0 Å². The molecule has 2 aromatic rings. The van der Waals surface area contributed by atoms with E-state index in [1.165, 1.54) is 18.6 Å². The van der Waals surface area contributed by atoms with Crippen molar-refractivity contribution in [3.8, 4) is 0 Å². The molecule has 0 radical (unpaired) electrons. The Hall–Kier alpha value is -2.74. The summed E-state index contributed by atoms with van der Waals surface area (Å²) in [6.07, 6.45) is 4.54. The molecule has 4 rings (SSSR count). The first kappa shape index (κ1) is 18.6. The third kappa shape index (κ3) is 3.77. The number of carbonyl (C=O) groups excluding carboxylic acids is 1. The molecule has 1 N–H and O–H groups in total. The summed E-state index contributed by atoms with van der Waals surface area (Å²) in [5.41, 5.74) is 0.339. The van der Waals surface area contributed by atoms with E-state index in [2.05, 4.69) is 19.8 Å². The van der Waals surface area contributed by atoms with Gasteiger partial charge in [0, 0.05) is 51.5 Å². The van der Waals surface area contributed by atoms with Gasteiger partial charge in [0.2, 0.25) is 0 Å².